The van der Waals surface area contributed by atoms with Gasteiger partial charge in [-0.2, -0.15) is 4.31 Å². The predicted molar refractivity (Wildman–Crippen MR) is 83.0 cm³/mol. The molecule has 0 saturated carbocycles. The Kier molecular flexibility index (Phi) is 6.79. The largest absolute Gasteiger partial charge is 0.355 e. The number of benzene rings is 1. The van der Waals surface area contributed by atoms with Gasteiger partial charge in [-0.25, -0.2) is 8.42 Å². The Balaban J connectivity index is 2.63. The predicted octanol–water partition coefficient (Wildman–Crippen LogP) is 0.213. The second-order valence-corrected chi connectivity index (χ2v) is 6.93. The normalized spacial score (nSPS) is 11.3. The van der Waals surface area contributed by atoms with Crippen LogP contribution in [0.15, 0.2) is 29.2 Å². The summed E-state index contributed by atoms with van der Waals surface area (Å²) in [7, 11) is -2.50. The molecule has 0 aliphatic heterocycles. The molecule has 2 amide bonds. The van der Waals surface area contributed by atoms with Crippen LogP contribution in [0.4, 0.5) is 0 Å². The number of carbonyl (C=O) groups excluding carboxylic acids is 2. The van der Waals surface area contributed by atoms with Crippen LogP contribution in [0.3, 0.4) is 0 Å². The number of hydrogen-bond acceptors (Lipinski definition) is 4. The molecule has 7 nitrogen and oxygen atoms in total. The first-order chi connectivity index (χ1) is 10.3. The Morgan fingerprint density at radius 1 is 1.14 bits per heavy atom. The van der Waals surface area contributed by atoms with Crippen LogP contribution in [0.5, 0.6) is 0 Å². The van der Waals surface area contributed by atoms with Crippen molar-refractivity contribution < 1.29 is 18.0 Å². The average Bonchev–Trinajstić information content (AvgIpc) is 2.46. The van der Waals surface area contributed by atoms with Gasteiger partial charge in [-0.05, 0) is 31.2 Å². The van der Waals surface area contributed by atoms with E-state index < -0.39 is 15.9 Å². The van der Waals surface area contributed by atoms with E-state index in [1.807, 2.05) is 0 Å². The smallest absolute Gasteiger partial charge is 0.243 e. The minimum atomic E-state index is -3.79. The number of carbonyl (C=O) groups is 2. The summed E-state index contributed by atoms with van der Waals surface area (Å²) in [5, 5.41) is 5.29. The Labute approximate surface area is 134 Å². The van der Waals surface area contributed by atoms with Crippen LogP contribution in [0.2, 0.25) is 5.02 Å². The van der Waals surface area contributed by atoms with Gasteiger partial charge in [0, 0.05) is 18.6 Å². The van der Waals surface area contributed by atoms with Gasteiger partial charge in [0.15, 0.2) is 0 Å². The minimum Gasteiger partial charge on any atom is -0.355 e. The Hall–Kier alpha value is -1.64. The molecule has 0 saturated heterocycles. The zero-order valence-electron chi connectivity index (χ0n) is 12.3. The molecule has 1 aromatic carbocycles. The van der Waals surface area contributed by atoms with E-state index >= 15 is 0 Å². The lowest BCUT2D eigenvalue weighted by Crippen LogP contribution is -2.42. The fourth-order valence-electron chi connectivity index (χ4n) is 1.57. The van der Waals surface area contributed by atoms with Crippen LogP contribution in [-0.2, 0) is 19.6 Å². The number of nitrogens with zero attached hydrogens (tertiary/aromatic N) is 1. The quantitative estimate of drug-likeness (QED) is 0.737. The van der Waals surface area contributed by atoms with Crippen LogP contribution in [-0.4, -0.2) is 51.2 Å². The van der Waals surface area contributed by atoms with E-state index in [4.69, 9.17) is 11.6 Å². The highest BCUT2D eigenvalue weighted by atomic mass is 35.5. The lowest BCUT2D eigenvalue weighted by Gasteiger charge is -2.16. The van der Waals surface area contributed by atoms with Crippen LogP contribution in [0, 0.1) is 0 Å². The van der Waals surface area contributed by atoms with Crippen molar-refractivity contribution in [2.75, 3.05) is 26.7 Å². The molecule has 0 unspecified atom stereocenters. The maximum absolute atomic E-state index is 12.2. The third-order valence-corrected chi connectivity index (χ3v) is 4.78. The van der Waals surface area contributed by atoms with Crippen molar-refractivity contribution in [2.45, 2.75) is 11.8 Å². The number of sulfonamides is 1. The molecule has 0 aromatic heterocycles. The van der Waals surface area contributed by atoms with Crippen LogP contribution >= 0.6 is 11.6 Å². The van der Waals surface area contributed by atoms with Gasteiger partial charge in [0.05, 0.1) is 18.0 Å². The molecule has 0 heterocycles. The molecule has 0 atom stereocenters. The SMILES string of the molecule is CCNC(=O)CNC(=O)CN(C)S(=O)(=O)c1ccc(Cl)cc1. The Bertz CT molecular complexity index is 631. The number of hydrogen-bond donors (Lipinski definition) is 2. The second-order valence-electron chi connectivity index (χ2n) is 4.45. The number of rotatable bonds is 7. The molecular weight excluding hydrogens is 330 g/mol. The summed E-state index contributed by atoms with van der Waals surface area (Å²) in [4.78, 5) is 22.9. The van der Waals surface area contributed by atoms with Gasteiger partial charge < -0.3 is 10.6 Å². The van der Waals surface area contributed by atoms with Crippen molar-refractivity contribution in [1.82, 2.24) is 14.9 Å². The van der Waals surface area contributed by atoms with Gasteiger partial charge >= 0.3 is 0 Å². The topological polar surface area (TPSA) is 95.6 Å². The van der Waals surface area contributed by atoms with Gasteiger partial charge in [0.2, 0.25) is 21.8 Å². The molecule has 0 aliphatic rings. The number of amides is 2. The molecule has 1 aromatic rings. The molecule has 0 radical (unpaired) electrons. The fourth-order valence-corrected chi connectivity index (χ4v) is 2.82. The lowest BCUT2D eigenvalue weighted by atomic mass is 10.4. The highest BCUT2D eigenvalue weighted by Crippen LogP contribution is 2.17. The summed E-state index contributed by atoms with van der Waals surface area (Å²) in [6, 6.07) is 5.64. The highest BCUT2D eigenvalue weighted by Gasteiger charge is 2.22. The van der Waals surface area contributed by atoms with E-state index in [0.29, 0.717) is 11.6 Å². The minimum absolute atomic E-state index is 0.0379. The van der Waals surface area contributed by atoms with Crippen molar-refractivity contribution in [3.05, 3.63) is 29.3 Å². The van der Waals surface area contributed by atoms with E-state index in [1.54, 1.807) is 6.92 Å². The third-order valence-electron chi connectivity index (χ3n) is 2.71. The van der Waals surface area contributed by atoms with Crippen molar-refractivity contribution in [1.29, 1.82) is 0 Å². The first kappa shape index (κ1) is 18.4. The summed E-state index contributed by atoms with van der Waals surface area (Å²) >= 11 is 5.71. The lowest BCUT2D eigenvalue weighted by molar-refractivity contribution is -0.126. The van der Waals surface area contributed by atoms with E-state index in [-0.39, 0.29) is 23.9 Å². The van der Waals surface area contributed by atoms with Crippen molar-refractivity contribution in [3.63, 3.8) is 0 Å². The number of likely N-dealkylation sites (N-methyl/N-ethyl adjacent to an activating group) is 2. The van der Waals surface area contributed by atoms with E-state index in [2.05, 4.69) is 10.6 Å². The van der Waals surface area contributed by atoms with E-state index in [0.717, 1.165) is 4.31 Å². The molecule has 122 valence electrons. The standard InChI is InChI=1S/C13H18ClN3O4S/c1-3-15-12(18)8-16-13(19)9-17(2)22(20,21)11-6-4-10(14)5-7-11/h4-7H,3,8-9H2,1-2H3,(H,15,18)(H,16,19). The van der Waals surface area contributed by atoms with Gasteiger partial charge in [-0.15, -0.1) is 0 Å². The van der Waals surface area contributed by atoms with Crippen molar-refractivity contribution in [3.8, 4) is 0 Å². The molecule has 1 rings (SSSR count). The summed E-state index contributed by atoms with van der Waals surface area (Å²) in [5.41, 5.74) is 0. The molecule has 0 fully saturated rings. The monoisotopic (exact) mass is 347 g/mol. The Morgan fingerprint density at radius 3 is 2.27 bits per heavy atom. The van der Waals surface area contributed by atoms with Crippen LogP contribution in [0.1, 0.15) is 6.92 Å². The van der Waals surface area contributed by atoms with E-state index in [9.17, 15) is 18.0 Å². The van der Waals surface area contributed by atoms with Gasteiger partial charge in [0.25, 0.3) is 0 Å². The second kappa shape index (κ2) is 8.11. The zero-order chi connectivity index (χ0) is 16.8. The molecule has 9 heteroatoms. The van der Waals surface area contributed by atoms with E-state index in [1.165, 1.54) is 31.3 Å². The van der Waals surface area contributed by atoms with Crippen molar-refractivity contribution in [2.24, 2.45) is 0 Å². The molecular formula is C13H18ClN3O4S. The Morgan fingerprint density at radius 2 is 1.73 bits per heavy atom. The first-order valence-electron chi connectivity index (χ1n) is 6.52. The molecule has 0 bridgehead atoms. The molecule has 2 N–H and O–H groups in total. The average molecular weight is 348 g/mol. The fraction of sp³-hybridized carbons (Fsp3) is 0.385. The van der Waals surface area contributed by atoms with Crippen molar-refractivity contribution >= 4 is 33.4 Å². The summed E-state index contributed by atoms with van der Waals surface area (Å²) in [6.45, 7) is 1.64. The van der Waals surface area contributed by atoms with Crippen LogP contribution in [0.25, 0.3) is 0 Å². The number of halogens is 1. The first-order valence-corrected chi connectivity index (χ1v) is 8.34. The van der Waals surface area contributed by atoms with Gasteiger partial charge in [-0.3, -0.25) is 9.59 Å². The van der Waals surface area contributed by atoms with Gasteiger partial charge in [-0.1, -0.05) is 11.6 Å². The zero-order valence-corrected chi connectivity index (χ0v) is 13.9. The maximum atomic E-state index is 12.2. The molecule has 22 heavy (non-hydrogen) atoms. The van der Waals surface area contributed by atoms with Gasteiger partial charge in [0.1, 0.15) is 0 Å². The third kappa shape index (κ3) is 5.28. The highest BCUT2D eigenvalue weighted by molar-refractivity contribution is 7.89. The summed E-state index contributed by atoms with van der Waals surface area (Å²) in [5.74, 6) is -0.898. The molecule has 0 spiro atoms. The summed E-state index contributed by atoms with van der Waals surface area (Å²) < 4.78 is 25.4. The molecule has 0 aliphatic carbocycles. The van der Waals surface area contributed by atoms with Crippen LogP contribution < -0.4 is 10.6 Å². The maximum Gasteiger partial charge on any atom is 0.243 e. The summed E-state index contributed by atoms with van der Waals surface area (Å²) in [6.07, 6.45) is 0. The number of nitrogens with one attached hydrogen (secondary N) is 2.